The lowest BCUT2D eigenvalue weighted by atomic mass is 10.1. The number of amides is 1. The van der Waals surface area contributed by atoms with E-state index in [9.17, 15) is 9.59 Å². The highest BCUT2D eigenvalue weighted by molar-refractivity contribution is 6.48. The number of hydrogen-bond donors (Lipinski definition) is 2. The van der Waals surface area contributed by atoms with Gasteiger partial charge in [0.15, 0.2) is 0 Å². The summed E-state index contributed by atoms with van der Waals surface area (Å²) >= 11 is 0. The second-order valence-corrected chi connectivity index (χ2v) is 5.95. The van der Waals surface area contributed by atoms with Gasteiger partial charge in [-0.3, -0.25) is 9.59 Å². The number of aryl methyl sites for hydroxylation is 1. The second-order valence-electron chi connectivity index (χ2n) is 5.95. The van der Waals surface area contributed by atoms with Crippen LogP contribution in [0, 0.1) is 6.92 Å². The summed E-state index contributed by atoms with van der Waals surface area (Å²) in [5.74, 6) is -1.24. The molecule has 0 aliphatic heterocycles. The van der Waals surface area contributed by atoms with Crippen molar-refractivity contribution in [2.75, 3.05) is 5.32 Å². The van der Waals surface area contributed by atoms with Crippen LogP contribution in [-0.4, -0.2) is 26.5 Å². The number of Topliss-reactive ketones (excluding diaryl/α,β-unsaturated/α-hetero) is 1. The SMILES string of the molecule is Cc1[nH]c2ccccc2c1C(=O)C(=O)Nc1cccc(-n2cccn2)c1. The fraction of sp³-hybridized carbons (Fsp3) is 0.0500. The number of carbonyl (C=O) groups excluding carboxylic acids is 2. The van der Waals surface area contributed by atoms with Crippen molar-refractivity contribution in [2.24, 2.45) is 0 Å². The number of rotatable bonds is 4. The Morgan fingerprint density at radius 3 is 2.73 bits per heavy atom. The predicted octanol–water partition coefficient (Wildman–Crippen LogP) is 3.48. The van der Waals surface area contributed by atoms with Crippen molar-refractivity contribution in [3.8, 4) is 5.69 Å². The summed E-state index contributed by atoms with van der Waals surface area (Å²) in [5.41, 5.74) is 3.25. The minimum Gasteiger partial charge on any atom is -0.358 e. The van der Waals surface area contributed by atoms with E-state index < -0.39 is 11.7 Å². The first-order valence-electron chi connectivity index (χ1n) is 8.16. The maximum Gasteiger partial charge on any atom is 0.296 e. The van der Waals surface area contributed by atoms with Crippen molar-refractivity contribution < 1.29 is 9.59 Å². The van der Waals surface area contributed by atoms with Gasteiger partial charge in [0.05, 0.1) is 11.3 Å². The first-order valence-corrected chi connectivity index (χ1v) is 8.16. The van der Waals surface area contributed by atoms with E-state index in [2.05, 4.69) is 15.4 Å². The Morgan fingerprint density at radius 1 is 1.08 bits per heavy atom. The van der Waals surface area contributed by atoms with E-state index in [4.69, 9.17) is 0 Å². The van der Waals surface area contributed by atoms with E-state index in [0.717, 1.165) is 16.6 Å². The molecule has 0 spiro atoms. The first kappa shape index (κ1) is 15.8. The molecule has 0 aliphatic rings. The molecule has 2 N–H and O–H groups in total. The third kappa shape index (κ3) is 2.77. The van der Waals surface area contributed by atoms with E-state index in [1.54, 1.807) is 42.2 Å². The zero-order chi connectivity index (χ0) is 18.1. The number of ketones is 1. The molecular formula is C20H16N4O2. The third-order valence-electron chi connectivity index (χ3n) is 4.20. The van der Waals surface area contributed by atoms with E-state index in [1.807, 2.05) is 36.4 Å². The third-order valence-corrected chi connectivity index (χ3v) is 4.20. The van der Waals surface area contributed by atoms with Gasteiger partial charge in [-0.1, -0.05) is 24.3 Å². The molecule has 26 heavy (non-hydrogen) atoms. The van der Waals surface area contributed by atoms with Crippen LogP contribution in [-0.2, 0) is 4.79 Å². The van der Waals surface area contributed by atoms with Crippen LogP contribution in [0.1, 0.15) is 16.1 Å². The molecule has 0 saturated carbocycles. The van der Waals surface area contributed by atoms with Gasteiger partial charge in [0.2, 0.25) is 0 Å². The van der Waals surface area contributed by atoms with Gasteiger partial charge in [-0.2, -0.15) is 5.10 Å². The molecule has 2 heterocycles. The summed E-state index contributed by atoms with van der Waals surface area (Å²) in [6.45, 7) is 1.79. The second kappa shape index (κ2) is 6.33. The Balaban J connectivity index is 1.61. The highest BCUT2D eigenvalue weighted by Crippen LogP contribution is 2.23. The van der Waals surface area contributed by atoms with Crippen molar-refractivity contribution in [3.05, 3.63) is 78.2 Å². The molecule has 2 aromatic heterocycles. The zero-order valence-electron chi connectivity index (χ0n) is 14.1. The van der Waals surface area contributed by atoms with Crippen LogP contribution in [0.2, 0.25) is 0 Å². The van der Waals surface area contributed by atoms with Gasteiger partial charge in [0.25, 0.3) is 11.7 Å². The van der Waals surface area contributed by atoms with Crippen LogP contribution in [0.25, 0.3) is 16.6 Å². The fourth-order valence-electron chi connectivity index (χ4n) is 3.02. The van der Waals surface area contributed by atoms with Crippen LogP contribution in [0.3, 0.4) is 0 Å². The topological polar surface area (TPSA) is 79.8 Å². The highest BCUT2D eigenvalue weighted by Gasteiger charge is 2.22. The van der Waals surface area contributed by atoms with E-state index in [-0.39, 0.29) is 0 Å². The Labute approximate surface area is 149 Å². The largest absolute Gasteiger partial charge is 0.358 e. The van der Waals surface area contributed by atoms with Gasteiger partial charge in [0.1, 0.15) is 0 Å². The number of carbonyl (C=O) groups is 2. The molecule has 0 unspecified atom stereocenters. The van der Waals surface area contributed by atoms with Crippen LogP contribution in [0.5, 0.6) is 0 Å². The number of benzene rings is 2. The molecule has 0 saturated heterocycles. The Hall–Kier alpha value is -3.67. The lowest BCUT2D eigenvalue weighted by molar-refractivity contribution is -0.112. The maximum atomic E-state index is 12.7. The van der Waals surface area contributed by atoms with Gasteiger partial charge in [-0.15, -0.1) is 0 Å². The minimum absolute atomic E-state index is 0.404. The Kier molecular flexibility index (Phi) is 3.85. The first-order chi connectivity index (χ1) is 12.6. The summed E-state index contributed by atoms with van der Waals surface area (Å²) in [7, 11) is 0. The van der Waals surface area contributed by atoms with E-state index >= 15 is 0 Å². The smallest absolute Gasteiger partial charge is 0.296 e. The van der Waals surface area contributed by atoms with Gasteiger partial charge < -0.3 is 10.3 Å². The van der Waals surface area contributed by atoms with Crippen LogP contribution < -0.4 is 5.32 Å². The summed E-state index contributed by atoms with van der Waals surface area (Å²) in [6, 6.07) is 16.4. The lowest BCUT2D eigenvalue weighted by Gasteiger charge is -2.07. The Bertz CT molecular complexity index is 1110. The van der Waals surface area contributed by atoms with Crippen LogP contribution >= 0.6 is 0 Å². The molecule has 0 bridgehead atoms. The number of hydrogen-bond acceptors (Lipinski definition) is 3. The average molecular weight is 344 g/mol. The number of anilines is 1. The molecular weight excluding hydrogens is 328 g/mol. The molecule has 2 aromatic carbocycles. The minimum atomic E-state index is -0.671. The molecule has 0 radical (unpaired) electrons. The van der Waals surface area contributed by atoms with Crippen molar-refractivity contribution in [1.29, 1.82) is 0 Å². The summed E-state index contributed by atoms with van der Waals surface area (Å²) in [6.07, 6.45) is 3.48. The standard InChI is InChI=1S/C20H16N4O2/c1-13-18(16-8-2-3-9-17(16)22-13)19(25)20(26)23-14-6-4-7-15(12-14)24-11-5-10-21-24/h2-12,22H,1H3,(H,23,26). The molecule has 6 heteroatoms. The molecule has 4 rings (SSSR count). The van der Waals surface area contributed by atoms with Gasteiger partial charge >= 0.3 is 0 Å². The summed E-state index contributed by atoms with van der Waals surface area (Å²) < 4.78 is 1.68. The average Bonchev–Trinajstić information content (AvgIpc) is 3.28. The van der Waals surface area contributed by atoms with Crippen molar-refractivity contribution in [1.82, 2.24) is 14.8 Å². The van der Waals surface area contributed by atoms with Crippen LogP contribution in [0.4, 0.5) is 5.69 Å². The van der Waals surface area contributed by atoms with Gasteiger partial charge in [-0.25, -0.2) is 4.68 Å². The maximum absolute atomic E-state index is 12.7. The molecule has 4 aromatic rings. The number of aromatic nitrogens is 3. The molecule has 6 nitrogen and oxygen atoms in total. The number of nitrogens with one attached hydrogen (secondary N) is 2. The molecule has 0 atom stereocenters. The van der Waals surface area contributed by atoms with Crippen molar-refractivity contribution in [3.63, 3.8) is 0 Å². The Morgan fingerprint density at radius 2 is 1.92 bits per heavy atom. The van der Waals surface area contributed by atoms with Crippen molar-refractivity contribution in [2.45, 2.75) is 6.92 Å². The normalized spacial score (nSPS) is 10.8. The monoisotopic (exact) mass is 344 g/mol. The molecule has 0 fully saturated rings. The molecule has 0 aliphatic carbocycles. The number of para-hydroxylation sites is 1. The summed E-state index contributed by atoms with van der Waals surface area (Å²) in [4.78, 5) is 28.4. The number of nitrogens with zero attached hydrogens (tertiary/aromatic N) is 2. The molecule has 128 valence electrons. The number of aromatic amines is 1. The summed E-state index contributed by atoms with van der Waals surface area (Å²) in [5, 5.41) is 7.59. The van der Waals surface area contributed by atoms with Crippen LogP contribution in [0.15, 0.2) is 67.0 Å². The highest BCUT2D eigenvalue weighted by atomic mass is 16.2. The van der Waals surface area contributed by atoms with E-state index in [1.165, 1.54) is 0 Å². The van der Waals surface area contributed by atoms with Gasteiger partial charge in [-0.05, 0) is 37.3 Å². The lowest BCUT2D eigenvalue weighted by Crippen LogP contribution is -2.23. The number of fused-ring (bicyclic) bond motifs is 1. The molecule has 1 amide bonds. The van der Waals surface area contributed by atoms with E-state index in [0.29, 0.717) is 16.9 Å². The van der Waals surface area contributed by atoms with Gasteiger partial charge in [0, 0.05) is 34.7 Å². The predicted molar refractivity (Wildman–Crippen MR) is 99.6 cm³/mol. The zero-order valence-corrected chi connectivity index (χ0v) is 14.1. The quantitative estimate of drug-likeness (QED) is 0.439. The number of H-pyrrole nitrogens is 1. The fourth-order valence-corrected chi connectivity index (χ4v) is 3.02. The van der Waals surface area contributed by atoms with Crippen molar-refractivity contribution >= 4 is 28.3 Å².